The Bertz CT molecular complexity index is 596. The molecule has 0 saturated carbocycles. The molecule has 1 N–H and O–H groups in total. The maximum absolute atomic E-state index is 11.8. The Morgan fingerprint density at radius 1 is 1.47 bits per heavy atom. The number of nitrogens with one attached hydrogen (secondary N) is 1. The molecule has 2 rings (SSSR count). The fraction of sp³-hybridized carbons (Fsp3) is 0.0833. The summed E-state index contributed by atoms with van der Waals surface area (Å²) < 4.78 is 5.22. The van der Waals surface area contributed by atoms with E-state index in [1.54, 1.807) is 19.1 Å². The van der Waals surface area contributed by atoms with Gasteiger partial charge in [0.1, 0.15) is 17.5 Å². The van der Waals surface area contributed by atoms with Crippen LogP contribution in [0.2, 0.25) is 0 Å². The van der Waals surface area contributed by atoms with Gasteiger partial charge in [0.05, 0.1) is 0 Å². The molecule has 0 aromatic carbocycles. The summed E-state index contributed by atoms with van der Waals surface area (Å²) in [6.07, 6.45) is 1.42. The van der Waals surface area contributed by atoms with Gasteiger partial charge in [-0.05, 0) is 25.1 Å². The van der Waals surface area contributed by atoms with Crippen LogP contribution in [0, 0.1) is 18.3 Å². The Balaban J connectivity index is 2.17. The van der Waals surface area contributed by atoms with Gasteiger partial charge in [0.2, 0.25) is 0 Å². The van der Waals surface area contributed by atoms with E-state index >= 15 is 0 Å². The first-order valence-electron chi connectivity index (χ1n) is 4.93. The highest BCUT2D eigenvalue weighted by Gasteiger charge is 2.09. The molecule has 5 heteroatoms. The van der Waals surface area contributed by atoms with Crippen LogP contribution in [0.25, 0.3) is 0 Å². The number of nitriles is 1. The van der Waals surface area contributed by atoms with E-state index in [1.165, 1.54) is 18.3 Å². The number of aryl methyl sites for hydroxylation is 1. The van der Waals surface area contributed by atoms with E-state index in [0.29, 0.717) is 17.2 Å². The quantitative estimate of drug-likeness (QED) is 0.852. The summed E-state index contributed by atoms with van der Waals surface area (Å²) in [7, 11) is 0. The van der Waals surface area contributed by atoms with Gasteiger partial charge in [-0.25, -0.2) is 4.98 Å². The lowest BCUT2D eigenvalue weighted by Gasteiger charge is -2.01. The standard InChI is InChI=1S/C12H9N3O2/c1-8-2-3-11(17-8)15-12(16)9-4-5-14-10(6-9)7-13/h2-6H,1H3,(H,15,16). The molecule has 0 aliphatic carbocycles. The van der Waals surface area contributed by atoms with Crippen molar-refractivity contribution in [2.45, 2.75) is 6.92 Å². The van der Waals surface area contributed by atoms with Crippen LogP contribution in [0.3, 0.4) is 0 Å². The van der Waals surface area contributed by atoms with E-state index in [1.807, 2.05) is 6.07 Å². The first-order chi connectivity index (χ1) is 8.19. The number of hydrogen-bond donors (Lipinski definition) is 1. The zero-order chi connectivity index (χ0) is 12.3. The number of aromatic nitrogens is 1. The van der Waals surface area contributed by atoms with E-state index in [4.69, 9.17) is 9.68 Å². The molecule has 0 unspecified atom stereocenters. The Morgan fingerprint density at radius 3 is 2.94 bits per heavy atom. The fourth-order valence-electron chi connectivity index (χ4n) is 1.32. The van der Waals surface area contributed by atoms with Gasteiger partial charge in [-0.15, -0.1) is 0 Å². The smallest absolute Gasteiger partial charge is 0.258 e. The normalized spacial score (nSPS) is 9.65. The zero-order valence-corrected chi connectivity index (χ0v) is 9.10. The summed E-state index contributed by atoms with van der Waals surface area (Å²) in [5.41, 5.74) is 0.568. The molecule has 5 nitrogen and oxygen atoms in total. The minimum Gasteiger partial charge on any atom is -0.446 e. The minimum atomic E-state index is -0.335. The lowest BCUT2D eigenvalue weighted by atomic mass is 10.2. The van der Waals surface area contributed by atoms with Crippen LogP contribution >= 0.6 is 0 Å². The SMILES string of the molecule is Cc1ccc(NC(=O)c2ccnc(C#N)c2)o1. The van der Waals surface area contributed by atoms with E-state index in [-0.39, 0.29) is 11.6 Å². The van der Waals surface area contributed by atoms with Crippen molar-refractivity contribution in [3.05, 3.63) is 47.5 Å². The van der Waals surface area contributed by atoms with Gasteiger partial charge in [0.25, 0.3) is 5.91 Å². The second kappa shape index (κ2) is 4.49. The highest BCUT2D eigenvalue weighted by Crippen LogP contribution is 2.13. The third-order valence-corrected chi connectivity index (χ3v) is 2.11. The highest BCUT2D eigenvalue weighted by atomic mass is 16.4. The Kier molecular flexibility index (Phi) is 2.88. The second-order valence-corrected chi connectivity index (χ2v) is 3.41. The molecule has 0 bridgehead atoms. The highest BCUT2D eigenvalue weighted by molar-refractivity contribution is 6.03. The lowest BCUT2D eigenvalue weighted by molar-refractivity contribution is 0.102. The van der Waals surface area contributed by atoms with Crippen LogP contribution in [0.5, 0.6) is 0 Å². The molecule has 0 saturated heterocycles. The van der Waals surface area contributed by atoms with Crippen LogP contribution in [-0.4, -0.2) is 10.9 Å². The second-order valence-electron chi connectivity index (χ2n) is 3.41. The van der Waals surface area contributed by atoms with Gasteiger partial charge in [-0.3, -0.25) is 10.1 Å². The summed E-state index contributed by atoms with van der Waals surface area (Å²) >= 11 is 0. The Labute approximate surface area is 97.7 Å². The molecular weight excluding hydrogens is 218 g/mol. The average Bonchev–Trinajstić information content (AvgIpc) is 2.75. The molecule has 1 amide bonds. The van der Waals surface area contributed by atoms with Crippen LogP contribution in [0.1, 0.15) is 21.8 Å². The van der Waals surface area contributed by atoms with Crippen molar-refractivity contribution >= 4 is 11.8 Å². The summed E-state index contributed by atoms with van der Waals surface area (Å²) in [5.74, 6) is 0.758. The summed E-state index contributed by atoms with van der Waals surface area (Å²) in [5, 5.41) is 11.3. The average molecular weight is 227 g/mol. The van der Waals surface area contributed by atoms with Crippen molar-refractivity contribution in [1.29, 1.82) is 5.26 Å². The summed E-state index contributed by atoms with van der Waals surface area (Å²) in [6.45, 7) is 1.79. The predicted octanol–water partition coefficient (Wildman–Crippen LogP) is 2.11. The topological polar surface area (TPSA) is 78.9 Å². The van der Waals surface area contributed by atoms with E-state index in [2.05, 4.69) is 10.3 Å². The molecule has 84 valence electrons. The van der Waals surface area contributed by atoms with Crippen molar-refractivity contribution in [3.8, 4) is 6.07 Å². The Morgan fingerprint density at radius 2 is 2.29 bits per heavy atom. The number of rotatable bonds is 2. The molecule has 2 aromatic heterocycles. The van der Waals surface area contributed by atoms with Gasteiger partial charge >= 0.3 is 0 Å². The van der Waals surface area contributed by atoms with Gasteiger partial charge in [-0.2, -0.15) is 5.26 Å². The minimum absolute atomic E-state index is 0.202. The first kappa shape index (κ1) is 10.9. The molecule has 0 aliphatic heterocycles. The molecule has 2 heterocycles. The van der Waals surface area contributed by atoms with Crippen molar-refractivity contribution in [2.75, 3.05) is 5.32 Å². The molecule has 0 fully saturated rings. The molecular formula is C12H9N3O2. The molecule has 0 atom stereocenters. The third-order valence-electron chi connectivity index (χ3n) is 2.11. The third kappa shape index (κ3) is 2.49. The van der Waals surface area contributed by atoms with Crippen molar-refractivity contribution in [3.63, 3.8) is 0 Å². The monoisotopic (exact) mass is 227 g/mol. The van der Waals surface area contributed by atoms with Crippen molar-refractivity contribution < 1.29 is 9.21 Å². The molecule has 0 spiro atoms. The number of carbonyl (C=O) groups excluding carboxylic acids is 1. The summed E-state index contributed by atoms with van der Waals surface area (Å²) in [6, 6.07) is 8.25. The molecule has 0 radical (unpaired) electrons. The number of amides is 1. The number of pyridine rings is 1. The summed E-state index contributed by atoms with van der Waals surface area (Å²) in [4.78, 5) is 15.6. The van der Waals surface area contributed by atoms with Gasteiger partial charge in [0, 0.05) is 17.8 Å². The lowest BCUT2D eigenvalue weighted by Crippen LogP contribution is -2.11. The van der Waals surface area contributed by atoms with E-state index in [9.17, 15) is 4.79 Å². The fourth-order valence-corrected chi connectivity index (χ4v) is 1.32. The van der Waals surface area contributed by atoms with Crippen LogP contribution in [0.4, 0.5) is 5.88 Å². The van der Waals surface area contributed by atoms with Crippen molar-refractivity contribution in [2.24, 2.45) is 0 Å². The van der Waals surface area contributed by atoms with Crippen LogP contribution < -0.4 is 5.32 Å². The molecule has 17 heavy (non-hydrogen) atoms. The Hall–Kier alpha value is -2.61. The zero-order valence-electron chi connectivity index (χ0n) is 9.10. The van der Waals surface area contributed by atoms with Crippen molar-refractivity contribution in [1.82, 2.24) is 4.98 Å². The molecule has 2 aromatic rings. The largest absolute Gasteiger partial charge is 0.446 e. The van der Waals surface area contributed by atoms with Gasteiger partial charge in [0.15, 0.2) is 5.88 Å². The van der Waals surface area contributed by atoms with Gasteiger partial charge in [-0.1, -0.05) is 0 Å². The van der Waals surface area contributed by atoms with Crippen LogP contribution in [-0.2, 0) is 0 Å². The number of hydrogen-bond acceptors (Lipinski definition) is 4. The number of anilines is 1. The van der Waals surface area contributed by atoms with Crippen LogP contribution in [0.15, 0.2) is 34.9 Å². The van der Waals surface area contributed by atoms with E-state index < -0.39 is 0 Å². The van der Waals surface area contributed by atoms with E-state index in [0.717, 1.165) is 0 Å². The molecule has 0 aliphatic rings. The first-order valence-corrected chi connectivity index (χ1v) is 4.93. The number of nitrogens with zero attached hydrogens (tertiary/aromatic N) is 2. The maximum atomic E-state index is 11.8. The number of furan rings is 1. The van der Waals surface area contributed by atoms with Gasteiger partial charge < -0.3 is 4.42 Å². The maximum Gasteiger partial charge on any atom is 0.258 e. The predicted molar refractivity (Wildman–Crippen MR) is 60.4 cm³/mol. The number of carbonyl (C=O) groups is 1.